The molecule has 7 heteroatoms. The van der Waals surface area contributed by atoms with E-state index in [9.17, 15) is 14.4 Å². The van der Waals surface area contributed by atoms with Crippen LogP contribution in [-0.4, -0.2) is 28.9 Å². The lowest BCUT2D eigenvalue weighted by molar-refractivity contribution is -0.129. The lowest BCUT2D eigenvalue weighted by atomic mass is 9.94. The first-order valence-electron chi connectivity index (χ1n) is 5.87. The van der Waals surface area contributed by atoms with Crippen molar-refractivity contribution in [2.45, 2.75) is 19.4 Å². The number of rotatable bonds is 3. The summed E-state index contributed by atoms with van der Waals surface area (Å²) in [5, 5.41) is 7.36. The number of nitrogens with zero attached hydrogens (tertiary/aromatic N) is 1. The van der Waals surface area contributed by atoms with Crippen molar-refractivity contribution in [1.29, 1.82) is 0 Å². The van der Waals surface area contributed by atoms with Crippen LogP contribution in [0.1, 0.15) is 13.3 Å². The monoisotopic (exact) mass is 262 g/mol. The third-order valence-electron chi connectivity index (χ3n) is 2.89. The Balaban J connectivity index is 1.95. The largest absolute Gasteiger partial charge is 0.335 e. The molecule has 1 aliphatic rings. The summed E-state index contributed by atoms with van der Waals surface area (Å²) in [6.45, 7) is 1.69. The Morgan fingerprint density at radius 3 is 2.89 bits per heavy atom. The van der Waals surface area contributed by atoms with E-state index in [1.165, 1.54) is 6.20 Å². The Bertz CT molecular complexity index is 503. The van der Waals surface area contributed by atoms with Crippen LogP contribution in [0.25, 0.3) is 0 Å². The number of nitrogens with one attached hydrogen (secondary N) is 3. The van der Waals surface area contributed by atoms with E-state index < -0.39 is 17.9 Å². The third-order valence-corrected chi connectivity index (χ3v) is 2.89. The fraction of sp³-hybridized carbons (Fsp3) is 0.333. The highest BCUT2D eigenvalue weighted by molar-refractivity contribution is 6.01. The second kappa shape index (κ2) is 5.47. The van der Waals surface area contributed by atoms with Gasteiger partial charge in [0.2, 0.25) is 11.8 Å². The van der Waals surface area contributed by atoms with E-state index in [2.05, 4.69) is 20.9 Å². The van der Waals surface area contributed by atoms with Crippen molar-refractivity contribution < 1.29 is 14.4 Å². The van der Waals surface area contributed by atoms with Gasteiger partial charge in [-0.05, 0) is 19.1 Å². The first-order valence-corrected chi connectivity index (χ1v) is 5.87. The molecule has 3 N–H and O–H groups in total. The second-order valence-corrected chi connectivity index (χ2v) is 4.35. The average Bonchev–Trinajstić information content (AvgIpc) is 2.35. The molecule has 1 saturated heterocycles. The summed E-state index contributed by atoms with van der Waals surface area (Å²) in [6, 6.07) is 2.50. The SMILES string of the molecule is CC1NC(=O)NC(=O)C1CC(=O)Nc1cccnc1. The molecule has 19 heavy (non-hydrogen) atoms. The number of carbonyl (C=O) groups is 3. The number of anilines is 1. The fourth-order valence-corrected chi connectivity index (χ4v) is 1.89. The molecule has 1 fully saturated rings. The maximum atomic E-state index is 11.8. The maximum absolute atomic E-state index is 11.8. The van der Waals surface area contributed by atoms with Gasteiger partial charge in [-0.1, -0.05) is 0 Å². The van der Waals surface area contributed by atoms with E-state index in [0.717, 1.165) is 0 Å². The molecule has 2 unspecified atom stereocenters. The van der Waals surface area contributed by atoms with E-state index in [-0.39, 0.29) is 18.4 Å². The van der Waals surface area contributed by atoms with Gasteiger partial charge in [-0.15, -0.1) is 0 Å². The van der Waals surface area contributed by atoms with Gasteiger partial charge in [0.05, 0.1) is 17.8 Å². The average molecular weight is 262 g/mol. The zero-order valence-electron chi connectivity index (χ0n) is 10.3. The van der Waals surface area contributed by atoms with Crippen LogP contribution >= 0.6 is 0 Å². The molecule has 1 aliphatic heterocycles. The summed E-state index contributed by atoms with van der Waals surface area (Å²) in [5.41, 5.74) is 0.570. The summed E-state index contributed by atoms with van der Waals surface area (Å²) >= 11 is 0. The van der Waals surface area contributed by atoms with Crippen LogP contribution in [0, 0.1) is 5.92 Å². The van der Waals surface area contributed by atoms with Crippen molar-refractivity contribution >= 4 is 23.5 Å². The third kappa shape index (κ3) is 3.27. The standard InChI is InChI=1S/C12H14N4O3/c1-7-9(11(18)16-12(19)14-7)5-10(17)15-8-3-2-4-13-6-8/h2-4,6-7,9H,5H2,1H3,(H,15,17)(H2,14,16,18,19). The molecule has 7 nitrogen and oxygen atoms in total. The molecule has 0 saturated carbocycles. The molecular weight excluding hydrogens is 248 g/mol. The summed E-state index contributed by atoms with van der Waals surface area (Å²) in [4.78, 5) is 38.4. The van der Waals surface area contributed by atoms with Gasteiger partial charge in [0.1, 0.15) is 0 Å². The van der Waals surface area contributed by atoms with E-state index in [4.69, 9.17) is 0 Å². The van der Waals surface area contributed by atoms with Gasteiger partial charge in [0, 0.05) is 18.7 Å². The van der Waals surface area contributed by atoms with Crippen LogP contribution in [0.2, 0.25) is 0 Å². The number of urea groups is 1. The number of hydrogen-bond acceptors (Lipinski definition) is 4. The molecule has 100 valence electrons. The molecule has 4 amide bonds. The van der Waals surface area contributed by atoms with Crippen LogP contribution in [0.15, 0.2) is 24.5 Å². The smallest absolute Gasteiger partial charge is 0.321 e. The highest BCUT2D eigenvalue weighted by atomic mass is 16.2. The number of pyridine rings is 1. The lowest BCUT2D eigenvalue weighted by Gasteiger charge is -2.28. The van der Waals surface area contributed by atoms with E-state index >= 15 is 0 Å². The van der Waals surface area contributed by atoms with Crippen molar-refractivity contribution in [2.24, 2.45) is 5.92 Å². The van der Waals surface area contributed by atoms with Gasteiger partial charge in [-0.3, -0.25) is 19.9 Å². The Kier molecular flexibility index (Phi) is 3.74. The molecule has 2 rings (SSSR count). The molecule has 2 heterocycles. The first-order chi connectivity index (χ1) is 9.06. The quantitative estimate of drug-likeness (QED) is 0.727. The zero-order valence-corrected chi connectivity index (χ0v) is 10.3. The first kappa shape index (κ1) is 13.0. The van der Waals surface area contributed by atoms with Gasteiger partial charge in [-0.25, -0.2) is 4.79 Å². The van der Waals surface area contributed by atoms with Crippen LogP contribution in [0.3, 0.4) is 0 Å². The minimum absolute atomic E-state index is 0.00216. The molecule has 0 bridgehead atoms. The normalized spacial score (nSPS) is 22.4. The maximum Gasteiger partial charge on any atom is 0.321 e. The molecular formula is C12H14N4O3. The molecule has 0 aromatic carbocycles. The van der Waals surface area contributed by atoms with Crippen LogP contribution < -0.4 is 16.0 Å². The molecule has 0 radical (unpaired) electrons. The Morgan fingerprint density at radius 2 is 2.26 bits per heavy atom. The molecule has 1 aromatic heterocycles. The number of amides is 4. The zero-order chi connectivity index (χ0) is 13.8. The van der Waals surface area contributed by atoms with E-state index in [0.29, 0.717) is 5.69 Å². The van der Waals surface area contributed by atoms with Crippen molar-refractivity contribution in [3.8, 4) is 0 Å². The summed E-state index contributed by atoms with van der Waals surface area (Å²) < 4.78 is 0. The number of carbonyl (C=O) groups excluding carboxylic acids is 3. The molecule has 1 aromatic rings. The van der Waals surface area contributed by atoms with Crippen LogP contribution in [-0.2, 0) is 9.59 Å². The van der Waals surface area contributed by atoms with Gasteiger partial charge in [-0.2, -0.15) is 0 Å². The lowest BCUT2D eigenvalue weighted by Crippen LogP contribution is -2.57. The van der Waals surface area contributed by atoms with Gasteiger partial charge in [0.25, 0.3) is 0 Å². The Morgan fingerprint density at radius 1 is 1.47 bits per heavy atom. The topological polar surface area (TPSA) is 100 Å². The van der Waals surface area contributed by atoms with Crippen molar-refractivity contribution in [1.82, 2.24) is 15.6 Å². The predicted octanol–water partition coefficient (Wildman–Crippen LogP) is 0.254. The number of hydrogen-bond donors (Lipinski definition) is 3. The van der Waals surface area contributed by atoms with E-state index in [1.807, 2.05) is 0 Å². The van der Waals surface area contributed by atoms with Crippen molar-refractivity contribution in [2.75, 3.05) is 5.32 Å². The highest BCUT2D eigenvalue weighted by Crippen LogP contribution is 2.14. The van der Waals surface area contributed by atoms with E-state index in [1.54, 1.807) is 25.3 Å². The molecule has 0 aliphatic carbocycles. The van der Waals surface area contributed by atoms with Gasteiger partial charge in [0.15, 0.2) is 0 Å². The van der Waals surface area contributed by atoms with Crippen LogP contribution in [0.5, 0.6) is 0 Å². The van der Waals surface area contributed by atoms with Crippen molar-refractivity contribution in [3.63, 3.8) is 0 Å². The number of aromatic nitrogens is 1. The highest BCUT2D eigenvalue weighted by Gasteiger charge is 2.33. The molecule has 2 atom stereocenters. The molecule has 0 spiro atoms. The van der Waals surface area contributed by atoms with Crippen LogP contribution in [0.4, 0.5) is 10.5 Å². The van der Waals surface area contributed by atoms with Gasteiger partial charge < -0.3 is 10.6 Å². The number of imide groups is 1. The summed E-state index contributed by atoms with van der Waals surface area (Å²) in [7, 11) is 0. The minimum Gasteiger partial charge on any atom is -0.335 e. The Hall–Kier alpha value is -2.44. The predicted molar refractivity (Wildman–Crippen MR) is 67.1 cm³/mol. The van der Waals surface area contributed by atoms with Crippen molar-refractivity contribution in [3.05, 3.63) is 24.5 Å². The second-order valence-electron chi connectivity index (χ2n) is 4.35. The summed E-state index contributed by atoms with van der Waals surface area (Å²) in [5.74, 6) is -1.30. The Labute approximate surface area is 109 Å². The minimum atomic E-state index is -0.575. The summed E-state index contributed by atoms with van der Waals surface area (Å²) in [6.07, 6.45) is 3.12. The fourth-order valence-electron chi connectivity index (χ4n) is 1.89. The van der Waals surface area contributed by atoms with Gasteiger partial charge >= 0.3 is 6.03 Å².